The van der Waals surface area contributed by atoms with Crippen LogP contribution >= 0.6 is 24.0 Å². The third kappa shape index (κ3) is 4.73. The maximum Gasteiger partial charge on any atom is 0.255 e. The summed E-state index contributed by atoms with van der Waals surface area (Å²) >= 11 is 5.99. The van der Waals surface area contributed by atoms with E-state index in [1.54, 1.807) is 12.1 Å². The molecule has 2 aromatic rings. The lowest BCUT2D eigenvalue weighted by Gasteiger charge is -2.13. The molecule has 0 saturated heterocycles. The molecule has 0 aliphatic carbocycles. The van der Waals surface area contributed by atoms with Gasteiger partial charge in [0.05, 0.1) is 17.5 Å². The molecule has 1 atom stereocenters. The predicted molar refractivity (Wildman–Crippen MR) is 91.8 cm³/mol. The number of carbonyl (C=O) groups is 1. The Morgan fingerprint density at radius 1 is 1.45 bits per heavy atom. The molecule has 2 rings (SSSR count). The molecule has 0 aliphatic rings. The number of hydrogen-bond donors (Lipinski definition) is 3. The predicted octanol–water partition coefficient (Wildman–Crippen LogP) is 2.88. The number of likely N-dealkylation sites (N-methyl/N-ethyl adjacent to an activating group) is 1. The summed E-state index contributed by atoms with van der Waals surface area (Å²) in [5.74, 6) is -0.150. The number of aromatic amines is 1. The fourth-order valence-corrected chi connectivity index (χ4v) is 2.27. The highest BCUT2D eigenvalue weighted by atomic mass is 35.5. The molecule has 0 fully saturated rings. The van der Waals surface area contributed by atoms with Crippen LogP contribution in [0, 0.1) is 0 Å². The number of nitrogens with zero attached hydrogens (tertiary/aromatic N) is 1. The number of hydrogen-bond acceptors (Lipinski definition) is 3. The Morgan fingerprint density at radius 2 is 2.23 bits per heavy atom. The fraction of sp³-hybridized carbons (Fsp3) is 0.333. The summed E-state index contributed by atoms with van der Waals surface area (Å²) < 4.78 is 0. The van der Waals surface area contributed by atoms with Crippen molar-refractivity contribution in [1.82, 2.24) is 20.8 Å². The highest BCUT2D eigenvalue weighted by Crippen LogP contribution is 2.23. The Kier molecular flexibility index (Phi) is 7.38. The minimum absolute atomic E-state index is 0. The van der Waals surface area contributed by atoms with Crippen molar-refractivity contribution in [3.63, 3.8) is 0 Å². The molecule has 0 radical (unpaired) electrons. The minimum Gasteiger partial charge on any atom is -0.350 e. The maximum absolute atomic E-state index is 12.3. The van der Waals surface area contributed by atoms with E-state index in [2.05, 4.69) is 20.8 Å². The summed E-state index contributed by atoms with van der Waals surface area (Å²) in [6.45, 7) is 5.49. The SMILES string of the molecule is CCN[C@H](C)CNC(=O)c1cn[nH]c1-c1cccc(Cl)c1.Cl. The first-order chi connectivity index (χ1) is 10.1. The summed E-state index contributed by atoms with van der Waals surface area (Å²) in [6.07, 6.45) is 1.53. The molecule has 1 aromatic heterocycles. The van der Waals surface area contributed by atoms with Crippen molar-refractivity contribution < 1.29 is 4.79 Å². The van der Waals surface area contributed by atoms with Crippen LogP contribution in [0.5, 0.6) is 0 Å². The topological polar surface area (TPSA) is 69.8 Å². The van der Waals surface area contributed by atoms with Crippen LogP contribution in [0.3, 0.4) is 0 Å². The molecular weight excluding hydrogens is 323 g/mol. The molecule has 0 unspecified atom stereocenters. The number of benzene rings is 1. The Hall–Kier alpha value is -1.56. The van der Waals surface area contributed by atoms with Gasteiger partial charge in [0, 0.05) is 23.2 Å². The number of halogens is 2. The average Bonchev–Trinajstić information content (AvgIpc) is 2.94. The normalized spacial score (nSPS) is 11.6. The van der Waals surface area contributed by atoms with Gasteiger partial charge in [-0.05, 0) is 25.6 Å². The highest BCUT2D eigenvalue weighted by molar-refractivity contribution is 6.30. The molecule has 1 aromatic carbocycles. The van der Waals surface area contributed by atoms with Crippen molar-refractivity contribution in [2.75, 3.05) is 13.1 Å². The number of nitrogens with one attached hydrogen (secondary N) is 3. The fourth-order valence-electron chi connectivity index (χ4n) is 2.08. The van der Waals surface area contributed by atoms with E-state index in [0.717, 1.165) is 12.1 Å². The molecule has 0 spiro atoms. The second-order valence-electron chi connectivity index (χ2n) is 4.84. The number of carbonyl (C=O) groups excluding carboxylic acids is 1. The van der Waals surface area contributed by atoms with Gasteiger partial charge in [0.15, 0.2) is 0 Å². The van der Waals surface area contributed by atoms with E-state index in [9.17, 15) is 4.79 Å². The molecule has 120 valence electrons. The van der Waals surface area contributed by atoms with Crippen LogP contribution in [0.4, 0.5) is 0 Å². The monoisotopic (exact) mass is 342 g/mol. The largest absolute Gasteiger partial charge is 0.350 e. The molecule has 0 bridgehead atoms. The molecule has 1 amide bonds. The van der Waals surface area contributed by atoms with E-state index < -0.39 is 0 Å². The smallest absolute Gasteiger partial charge is 0.255 e. The zero-order valence-corrected chi connectivity index (χ0v) is 14.1. The minimum atomic E-state index is -0.150. The van der Waals surface area contributed by atoms with Gasteiger partial charge in [-0.15, -0.1) is 12.4 Å². The van der Waals surface area contributed by atoms with Crippen molar-refractivity contribution in [2.24, 2.45) is 0 Å². The van der Waals surface area contributed by atoms with Crippen LogP contribution in [0.2, 0.25) is 5.02 Å². The lowest BCUT2D eigenvalue weighted by Crippen LogP contribution is -2.38. The second-order valence-corrected chi connectivity index (χ2v) is 5.27. The second kappa shape index (κ2) is 8.78. The van der Waals surface area contributed by atoms with E-state index in [1.807, 2.05) is 26.0 Å². The number of amides is 1. The van der Waals surface area contributed by atoms with Gasteiger partial charge in [-0.25, -0.2) is 0 Å². The molecule has 3 N–H and O–H groups in total. The third-order valence-electron chi connectivity index (χ3n) is 3.12. The standard InChI is InChI=1S/C15H19ClN4O.ClH/c1-3-17-10(2)8-18-15(21)13-9-19-20-14(13)11-5-4-6-12(16)7-11;/h4-7,9-10,17H,3,8H2,1-2H3,(H,18,21)(H,19,20);1H/t10-;/m1./s1. The van der Waals surface area contributed by atoms with Gasteiger partial charge in [0.1, 0.15) is 0 Å². The number of H-pyrrole nitrogens is 1. The quantitative estimate of drug-likeness (QED) is 0.755. The van der Waals surface area contributed by atoms with Gasteiger partial charge in [-0.3, -0.25) is 9.89 Å². The molecular formula is C15H20Cl2N4O. The first-order valence-corrected chi connectivity index (χ1v) is 7.30. The highest BCUT2D eigenvalue weighted by Gasteiger charge is 2.15. The maximum atomic E-state index is 12.3. The zero-order chi connectivity index (χ0) is 15.2. The summed E-state index contributed by atoms with van der Waals surface area (Å²) in [5.41, 5.74) is 2.02. The zero-order valence-electron chi connectivity index (χ0n) is 12.5. The van der Waals surface area contributed by atoms with Crippen molar-refractivity contribution in [2.45, 2.75) is 19.9 Å². The van der Waals surface area contributed by atoms with Gasteiger partial charge in [-0.2, -0.15) is 5.10 Å². The van der Waals surface area contributed by atoms with Crippen molar-refractivity contribution in [3.8, 4) is 11.3 Å². The summed E-state index contributed by atoms with van der Waals surface area (Å²) in [6, 6.07) is 7.54. The van der Waals surface area contributed by atoms with E-state index in [4.69, 9.17) is 11.6 Å². The van der Waals surface area contributed by atoms with E-state index in [1.165, 1.54) is 6.20 Å². The average molecular weight is 343 g/mol. The van der Waals surface area contributed by atoms with Gasteiger partial charge < -0.3 is 10.6 Å². The Bertz CT molecular complexity index is 615. The lowest BCUT2D eigenvalue weighted by molar-refractivity contribution is 0.0951. The van der Waals surface area contributed by atoms with Crippen LogP contribution in [0.1, 0.15) is 24.2 Å². The Morgan fingerprint density at radius 3 is 2.91 bits per heavy atom. The first-order valence-electron chi connectivity index (χ1n) is 6.92. The Labute approximate surface area is 141 Å². The van der Waals surface area contributed by atoms with Crippen LogP contribution in [-0.4, -0.2) is 35.2 Å². The van der Waals surface area contributed by atoms with Crippen LogP contribution in [0.15, 0.2) is 30.5 Å². The van der Waals surface area contributed by atoms with Crippen molar-refractivity contribution >= 4 is 29.9 Å². The van der Waals surface area contributed by atoms with Gasteiger partial charge in [0.2, 0.25) is 0 Å². The molecule has 0 aliphatic heterocycles. The van der Waals surface area contributed by atoms with Gasteiger partial charge in [0.25, 0.3) is 5.91 Å². The van der Waals surface area contributed by atoms with Gasteiger partial charge in [-0.1, -0.05) is 30.7 Å². The lowest BCUT2D eigenvalue weighted by atomic mass is 10.1. The first kappa shape index (κ1) is 18.5. The van der Waals surface area contributed by atoms with Crippen LogP contribution in [-0.2, 0) is 0 Å². The Balaban J connectivity index is 0.00000242. The number of rotatable bonds is 6. The van der Waals surface area contributed by atoms with E-state index in [-0.39, 0.29) is 24.4 Å². The molecule has 22 heavy (non-hydrogen) atoms. The van der Waals surface area contributed by atoms with Crippen molar-refractivity contribution in [3.05, 3.63) is 41.0 Å². The summed E-state index contributed by atoms with van der Waals surface area (Å²) in [5, 5.41) is 13.6. The van der Waals surface area contributed by atoms with Crippen LogP contribution in [0.25, 0.3) is 11.3 Å². The van der Waals surface area contributed by atoms with E-state index in [0.29, 0.717) is 22.8 Å². The third-order valence-corrected chi connectivity index (χ3v) is 3.35. The summed E-state index contributed by atoms with van der Waals surface area (Å²) in [4.78, 5) is 12.3. The molecule has 5 nitrogen and oxygen atoms in total. The number of aromatic nitrogens is 2. The molecule has 7 heteroatoms. The summed E-state index contributed by atoms with van der Waals surface area (Å²) in [7, 11) is 0. The van der Waals surface area contributed by atoms with E-state index >= 15 is 0 Å². The van der Waals surface area contributed by atoms with Crippen molar-refractivity contribution in [1.29, 1.82) is 0 Å². The van der Waals surface area contributed by atoms with Crippen LogP contribution < -0.4 is 10.6 Å². The molecule has 1 heterocycles. The molecule has 0 saturated carbocycles. The van der Waals surface area contributed by atoms with Gasteiger partial charge >= 0.3 is 0 Å².